The molecule has 1 aliphatic rings. The smallest absolute Gasteiger partial charge is 0.223 e. The summed E-state index contributed by atoms with van der Waals surface area (Å²) in [6.07, 6.45) is 21.8. The predicted molar refractivity (Wildman–Crippen MR) is 172 cm³/mol. The van der Waals surface area contributed by atoms with Gasteiger partial charge in [0.25, 0.3) is 0 Å². The van der Waals surface area contributed by atoms with E-state index in [0.717, 1.165) is 76.4 Å². The molecule has 0 aromatic carbocycles. The van der Waals surface area contributed by atoms with Gasteiger partial charge in [0, 0.05) is 51.9 Å². The van der Waals surface area contributed by atoms with E-state index in [0.29, 0.717) is 25.1 Å². The van der Waals surface area contributed by atoms with Crippen molar-refractivity contribution in [3.8, 4) is 0 Å². The van der Waals surface area contributed by atoms with Gasteiger partial charge in [-0.25, -0.2) is 9.97 Å². The summed E-state index contributed by atoms with van der Waals surface area (Å²) in [6.45, 7) is 16.4. The Morgan fingerprint density at radius 1 is 1.20 bits per heavy atom. The Bertz CT molecular complexity index is 986. The highest BCUT2D eigenvalue weighted by Gasteiger charge is 2.14. The minimum atomic E-state index is 0.521. The second-order valence-corrected chi connectivity index (χ2v) is 10.4. The van der Waals surface area contributed by atoms with Crippen molar-refractivity contribution in [3.63, 3.8) is 0 Å². The fourth-order valence-corrected chi connectivity index (χ4v) is 4.75. The second-order valence-electron chi connectivity index (χ2n) is 10.4. The Kier molecular flexibility index (Phi) is 18.4. The third kappa shape index (κ3) is 14.1. The number of allylic oxidation sites excluding steroid dienone is 5. The highest BCUT2D eigenvalue weighted by Crippen LogP contribution is 2.20. The quantitative estimate of drug-likeness (QED) is 0.316. The molecule has 0 saturated heterocycles. The summed E-state index contributed by atoms with van der Waals surface area (Å²) in [4.78, 5) is 11.6. The summed E-state index contributed by atoms with van der Waals surface area (Å²) in [6, 6.07) is 1.96. The molecule has 0 aliphatic carbocycles. The average Bonchev–Trinajstić information content (AvgIpc) is 2.98. The van der Waals surface area contributed by atoms with Crippen molar-refractivity contribution in [3.05, 3.63) is 72.3 Å². The highest BCUT2D eigenvalue weighted by atomic mass is 16.5. The molecule has 0 unspecified atom stereocenters. The lowest BCUT2D eigenvalue weighted by Crippen LogP contribution is -2.29. The van der Waals surface area contributed by atoms with Gasteiger partial charge in [-0.05, 0) is 69.1 Å². The maximum atomic E-state index is 6.33. The molecule has 0 radical (unpaired) electrons. The number of nitrogens with zero attached hydrogens (tertiary/aromatic N) is 3. The Hall–Kier alpha value is -2.74. The van der Waals surface area contributed by atoms with Crippen LogP contribution in [0, 0.1) is 5.92 Å². The first-order valence-electron chi connectivity index (χ1n) is 15.4. The van der Waals surface area contributed by atoms with Crippen molar-refractivity contribution < 1.29 is 14.2 Å². The number of ether oxygens (including phenoxy) is 3. The molecule has 2 heterocycles. The van der Waals surface area contributed by atoms with Crippen LogP contribution in [0.3, 0.4) is 0 Å². The molecule has 0 saturated carbocycles. The Morgan fingerprint density at radius 3 is 2.85 bits per heavy atom. The van der Waals surface area contributed by atoms with Gasteiger partial charge in [-0.15, -0.1) is 6.58 Å². The molecule has 0 fully saturated rings. The van der Waals surface area contributed by atoms with Crippen molar-refractivity contribution in [2.24, 2.45) is 5.92 Å². The molecule has 0 spiro atoms. The number of fused-ring (bicyclic) bond motifs is 2. The van der Waals surface area contributed by atoms with Gasteiger partial charge in [-0.3, -0.25) is 0 Å². The van der Waals surface area contributed by atoms with Crippen LogP contribution >= 0.6 is 0 Å². The monoisotopic (exact) mass is 566 g/mol. The number of likely N-dealkylation sites (N-methyl/N-ethyl adjacent to an activating group) is 1. The van der Waals surface area contributed by atoms with E-state index in [4.69, 9.17) is 19.2 Å². The second kappa shape index (κ2) is 21.9. The van der Waals surface area contributed by atoms with Crippen LogP contribution in [0.5, 0.6) is 0 Å². The van der Waals surface area contributed by atoms with E-state index in [1.807, 2.05) is 31.3 Å². The number of nitrogens with one attached hydrogen (secondary N) is 1. The van der Waals surface area contributed by atoms with E-state index < -0.39 is 0 Å². The van der Waals surface area contributed by atoms with Gasteiger partial charge in [-0.2, -0.15) is 0 Å². The number of anilines is 1. The van der Waals surface area contributed by atoms with Crippen LogP contribution in [0.4, 0.5) is 5.95 Å². The molecular formula is C34H54N4O3. The van der Waals surface area contributed by atoms with Gasteiger partial charge in [0.2, 0.25) is 5.95 Å². The molecule has 7 nitrogen and oxygen atoms in total. The first-order valence-corrected chi connectivity index (χ1v) is 15.4. The van der Waals surface area contributed by atoms with Crippen molar-refractivity contribution in [2.45, 2.75) is 65.7 Å². The van der Waals surface area contributed by atoms with Gasteiger partial charge in [0.05, 0.1) is 25.5 Å². The number of hydrogen-bond acceptors (Lipinski definition) is 7. The Morgan fingerprint density at radius 2 is 2.07 bits per heavy atom. The van der Waals surface area contributed by atoms with E-state index in [9.17, 15) is 0 Å². The molecule has 41 heavy (non-hydrogen) atoms. The predicted octanol–water partition coefficient (Wildman–Crippen LogP) is 7.23. The van der Waals surface area contributed by atoms with Crippen molar-refractivity contribution in [1.29, 1.82) is 0 Å². The lowest BCUT2D eigenvalue weighted by Gasteiger charge is -2.28. The summed E-state index contributed by atoms with van der Waals surface area (Å²) in [5.41, 5.74) is 4.40. The molecule has 1 N–H and O–H groups in total. The van der Waals surface area contributed by atoms with Crippen LogP contribution in [-0.2, 0) is 14.2 Å². The maximum absolute atomic E-state index is 6.33. The van der Waals surface area contributed by atoms with Crippen LogP contribution in [0.15, 0.2) is 66.6 Å². The summed E-state index contributed by atoms with van der Waals surface area (Å²) < 4.78 is 17.6. The lowest BCUT2D eigenvalue weighted by atomic mass is 10.0. The number of hydrogen-bond donors (Lipinski definition) is 1. The van der Waals surface area contributed by atoms with Crippen molar-refractivity contribution >= 4 is 11.5 Å². The topological polar surface area (TPSA) is 68.7 Å². The van der Waals surface area contributed by atoms with E-state index in [2.05, 4.69) is 59.9 Å². The molecule has 2 rings (SSSR count). The van der Waals surface area contributed by atoms with E-state index >= 15 is 0 Å². The first kappa shape index (κ1) is 34.5. The highest BCUT2D eigenvalue weighted by molar-refractivity contribution is 5.71. The summed E-state index contributed by atoms with van der Waals surface area (Å²) in [5.74, 6) is 1.15. The minimum absolute atomic E-state index is 0.521. The van der Waals surface area contributed by atoms with Crippen molar-refractivity contribution in [2.75, 3.05) is 65.1 Å². The normalized spacial score (nSPS) is 20.6. The van der Waals surface area contributed by atoms with Crippen LogP contribution in [0.25, 0.3) is 5.57 Å². The van der Waals surface area contributed by atoms with Gasteiger partial charge in [0.15, 0.2) is 0 Å². The molecule has 228 valence electrons. The maximum Gasteiger partial charge on any atom is 0.223 e. The standard InChI is InChI=1S/C34H54N4O3/c1-6-9-19-33(38(8-3)23-26-39-5)31-17-13-21-35-34-36-22-20-32(37-34)30(15-7-2)18-14-25-40-24-12-10-11-16-29(4)27-41-28-31/h6-7,15,17-20,22,29H,1,8-14,16,21,23-28H2,2-5H3,(H,35,36,37)/b15-7-,30-18+,31-17?,33-19+/t29-/m0/s1. The van der Waals surface area contributed by atoms with Gasteiger partial charge >= 0.3 is 0 Å². The zero-order valence-electron chi connectivity index (χ0n) is 26.1. The largest absolute Gasteiger partial charge is 0.383 e. The molecule has 2 bridgehead atoms. The fraction of sp³-hybridized carbons (Fsp3) is 0.588. The third-order valence-electron chi connectivity index (χ3n) is 6.98. The molecule has 1 atom stereocenters. The number of aromatic nitrogens is 2. The summed E-state index contributed by atoms with van der Waals surface area (Å²) in [7, 11) is 1.75. The van der Waals surface area contributed by atoms with Gasteiger partial charge < -0.3 is 24.4 Å². The molecule has 7 heteroatoms. The van der Waals surface area contributed by atoms with Gasteiger partial charge in [-0.1, -0.05) is 56.2 Å². The van der Waals surface area contributed by atoms with E-state index in [1.54, 1.807) is 7.11 Å². The molecule has 1 aliphatic heterocycles. The van der Waals surface area contributed by atoms with E-state index in [1.165, 1.54) is 30.5 Å². The Balaban J connectivity index is 2.28. The molecular weight excluding hydrogens is 512 g/mol. The third-order valence-corrected chi connectivity index (χ3v) is 6.98. The summed E-state index contributed by atoms with van der Waals surface area (Å²) in [5, 5.41) is 3.42. The van der Waals surface area contributed by atoms with Crippen LogP contribution < -0.4 is 5.32 Å². The van der Waals surface area contributed by atoms with Crippen LogP contribution in [-0.4, -0.2) is 74.6 Å². The fourth-order valence-electron chi connectivity index (χ4n) is 4.75. The average molecular weight is 567 g/mol. The van der Waals surface area contributed by atoms with Gasteiger partial charge in [0.1, 0.15) is 0 Å². The van der Waals surface area contributed by atoms with Crippen molar-refractivity contribution in [1.82, 2.24) is 14.9 Å². The molecule has 0 amide bonds. The lowest BCUT2D eigenvalue weighted by molar-refractivity contribution is 0.114. The Labute approximate surface area is 249 Å². The number of rotatable bonds is 9. The number of methoxy groups -OCH3 is 1. The van der Waals surface area contributed by atoms with E-state index in [-0.39, 0.29) is 0 Å². The van der Waals surface area contributed by atoms with Crippen LogP contribution in [0.2, 0.25) is 0 Å². The SMILES string of the molecule is C=CC/C=C(\C1=CCCNc2nccc(n2)C(/C=C\C)=C/CCOCCCCC[C@H](C)COC1)N(CC)CCOC. The zero-order chi connectivity index (χ0) is 29.5. The zero-order valence-corrected chi connectivity index (χ0v) is 26.1. The van der Waals surface area contributed by atoms with Crippen LogP contribution in [0.1, 0.15) is 71.4 Å². The first-order chi connectivity index (χ1) is 20.1. The molecule has 1 aromatic rings. The summed E-state index contributed by atoms with van der Waals surface area (Å²) >= 11 is 0. The molecule has 1 aromatic heterocycles. The minimum Gasteiger partial charge on any atom is -0.383 e.